The van der Waals surface area contributed by atoms with Crippen LogP contribution in [0.1, 0.15) is 17.2 Å². The molecule has 0 aliphatic rings. The van der Waals surface area contributed by atoms with Gasteiger partial charge in [-0.3, -0.25) is 16.3 Å². The molecule has 5 nitrogen and oxygen atoms in total. The van der Waals surface area contributed by atoms with E-state index in [-0.39, 0.29) is 6.04 Å². The Labute approximate surface area is 118 Å². The van der Waals surface area contributed by atoms with E-state index in [1.807, 2.05) is 12.1 Å². The van der Waals surface area contributed by atoms with Gasteiger partial charge in [0.25, 0.3) is 0 Å². The Balaban J connectivity index is 2.20. The van der Waals surface area contributed by atoms with Crippen LogP contribution < -0.4 is 11.3 Å². The number of pyridine rings is 1. The van der Waals surface area contributed by atoms with Crippen molar-refractivity contribution in [3.05, 3.63) is 59.9 Å². The molecule has 1 aromatic carbocycles. The average molecular weight is 291 g/mol. The molecule has 2 rings (SSSR count). The fourth-order valence-corrected chi connectivity index (χ4v) is 2.61. The zero-order valence-corrected chi connectivity index (χ0v) is 12.0. The van der Waals surface area contributed by atoms with E-state index in [9.17, 15) is 8.42 Å². The lowest BCUT2D eigenvalue weighted by Gasteiger charge is -2.16. The van der Waals surface area contributed by atoms with Crippen molar-refractivity contribution in [2.45, 2.75) is 17.4 Å². The number of nitrogens with one attached hydrogen (secondary N) is 1. The number of aromatic nitrogens is 1. The van der Waals surface area contributed by atoms with E-state index in [1.54, 1.807) is 36.7 Å². The summed E-state index contributed by atoms with van der Waals surface area (Å²) >= 11 is 0. The molecule has 0 aliphatic heterocycles. The van der Waals surface area contributed by atoms with Crippen molar-refractivity contribution < 1.29 is 8.42 Å². The van der Waals surface area contributed by atoms with Gasteiger partial charge in [-0.15, -0.1) is 0 Å². The number of hydrazine groups is 1. The highest BCUT2D eigenvalue weighted by molar-refractivity contribution is 7.90. The van der Waals surface area contributed by atoms with Gasteiger partial charge in [-0.1, -0.05) is 12.1 Å². The second-order valence-electron chi connectivity index (χ2n) is 4.62. The van der Waals surface area contributed by atoms with Crippen molar-refractivity contribution in [3.63, 3.8) is 0 Å². The van der Waals surface area contributed by atoms with Gasteiger partial charge in [0, 0.05) is 24.7 Å². The van der Waals surface area contributed by atoms with Crippen molar-refractivity contribution in [1.82, 2.24) is 10.4 Å². The molecule has 1 unspecified atom stereocenters. The molecular weight excluding hydrogens is 274 g/mol. The first-order valence-electron chi connectivity index (χ1n) is 6.16. The van der Waals surface area contributed by atoms with Crippen LogP contribution in [0.2, 0.25) is 0 Å². The van der Waals surface area contributed by atoms with Gasteiger partial charge >= 0.3 is 0 Å². The maximum atomic E-state index is 11.4. The predicted molar refractivity (Wildman–Crippen MR) is 77.6 cm³/mol. The monoisotopic (exact) mass is 291 g/mol. The first-order valence-corrected chi connectivity index (χ1v) is 8.05. The molecule has 20 heavy (non-hydrogen) atoms. The molecule has 1 heterocycles. The third-order valence-corrected chi connectivity index (χ3v) is 4.23. The number of benzene rings is 1. The maximum Gasteiger partial charge on any atom is 0.175 e. The van der Waals surface area contributed by atoms with Gasteiger partial charge in [0.2, 0.25) is 0 Å². The minimum atomic E-state index is -3.17. The fourth-order valence-electron chi connectivity index (χ4n) is 1.97. The summed E-state index contributed by atoms with van der Waals surface area (Å²) in [6, 6.07) is 10.5. The van der Waals surface area contributed by atoms with Gasteiger partial charge in [-0.25, -0.2) is 8.42 Å². The van der Waals surface area contributed by atoms with Gasteiger partial charge in [0.1, 0.15) is 0 Å². The molecule has 106 valence electrons. The van der Waals surface area contributed by atoms with Crippen LogP contribution in [0.5, 0.6) is 0 Å². The Morgan fingerprint density at radius 2 is 1.75 bits per heavy atom. The van der Waals surface area contributed by atoms with Crippen LogP contribution in [-0.4, -0.2) is 19.7 Å². The van der Waals surface area contributed by atoms with Crippen LogP contribution in [0.4, 0.5) is 0 Å². The molecule has 3 N–H and O–H groups in total. The molecule has 1 aromatic heterocycles. The van der Waals surface area contributed by atoms with Crippen molar-refractivity contribution in [2.75, 3.05) is 6.26 Å². The summed E-state index contributed by atoms with van der Waals surface area (Å²) in [4.78, 5) is 4.28. The van der Waals surface area contributed by atoms with E-state index in [1.165, 1.54) is 6.26 Å². The molecule has 0 saturated carbocycles. The van der Waals surface area contributed by atoms with Crippen LogP contribution in [0.3, 0.4) is 0 Å². The van der Waals surface area contributed by atoms with Crippen LogP contribution in [0.15, 0.2) is 53.7 Å². The van der Waals surface area contributed by atoms with Crippen LogP contribution in [0, 0.1) is 0 Å². The summed E-state index contributed by atoms with van der Waals surface area (Å²) in [7, 11) is -3.17. The van der Waals surface area contributed by atoms with Crippen LogP contribution in [0.25, 0.3) is 0 Å². The van der Waals surface area contributed by atoms with Crippen molar-refractivity contribution in [1.29, 1.82) is 0 Å². The lowest BCUT2D eigenvalue weighted by atomic mass is 10.0. The number of rotatable bonds is 5. The first kappa shape index (κ1) is 14.6. The minimum absolute atomic E-state index is 0.0778. The molecule has 0 bridgehead atoms. The molecule has 6 heteroatoms. The zero-order chi connectivity index (χ0) is 14.6. The summed E-state index contributed by atoms with van der Waals surface area (Å²) in [5.74, 6) is 5.59. The largest absolute Gasteiger partial charge is 0.271 e. The van der Waals surface area contributed by atoms with Crippen molar-refractivity contribution >= 4 is 9.84 Å². The smallest absolute Gasteiger partial charge is 0.175 e. The second-order valence-corrected chi connectivity index (χ2v) is 6.64. The number of sulfone groups is 1. The summed E-state index contributed by atoms with van der Waals surface area (Å²) < 4.78 is 22.9. The fraction of sp³-hybridized carbons (Fsp3) is 0.214. The number of nitrogens with two attached hydrogens (primary N) is 1. The summed E-state index contributed by atoms with van der Waals surface area (Å²) in [5.41, 5.74) is 4.80. The van der Waals surface area contributed by atoms with Gasteiger partial charge < -0.3 is 0 Å². The topological polar surface area (TPSA) is 85.1 Å². The molecular formula is C14H17N3O2S. The standard InChI is InChI=1S/C14H17N3O2S/c1-20(18,19)13-4-2-12(3-5-13)14(17-15)10-11-6-8-16-9-7-11/h2-9,14,17H,10,15H2,1H3. The first-order chi connectivity index (χ1) is 9.50. The van der Waals surface area contributed by atoms with Gasteiger partial charge in [-0.05, 0) is 41.8 Å². The Bertz CT molecular complexity index is 655. The van der Waals surface area contributed by atoms with E-state index in [4.69, 9.17) is 5.84 Å². The SMILES string of the molecule is CS(=O)(=O)c1ccc(C(Cc2ccncc2)NN)cc1. The minimum Gasteiger partial charge on any atom is -0.271 e. The van der Waals surface area contributed by atoms with E-state index < -0.39 is 9.84 Å². The van der Waals surface area contributed by atoms with Crippen LogP contribution >= 0.6 is 0 Å². The lowest BCUT2D eigenvalue weighted by Crippen LogP contribution is -2.29. The quantitative estimate of drug-likeness (QED) is 0.639. The third-order valence-electron chi connectivity index (χ3n) is 3.10. The summed E-state index contributed by atoms with van der Waals surface area (Å²) in [6.45, 7) is 0. The number of hydrogen-bond acceptors (Lipinski definition) is 5. The molecule has 0 radical (unpaired) electrons. The third kappa shape index (κ3) is 3.63. The molecule has 0 fully saturated rings. The highest BCUT2D eigenvalue weighted by atomic mass is 32.2. The molecule has 2 aromatic rings. The molecule has 0 saturated heterocycles. The second kappa shape index (κ2) is 6.13. The number of hydrogen-bond donors (Lipinski definition) is 2. The predicted octanol–water partition coefficient (Wildman–Crippen LogP) is 1.23. The van der Waals surface area contributed by atoms with Crippen molar-refractivity contribution in [2.24, 2.45) is 5.84 Å². The Hall–Kier alpha value is -1.76. The number of nitrogens with zero attached hydrogens (tertiary/aromatic N) is 1. The van der Waals surface area contributed by atoms with Gasteiger partial charge in [0.15, 0.2) is 9.84 Å². The Morgan fingerprint density at radius 1 is 1.15 bits per heavy atom. The van der Waals surface area contributed by atoms with Crippen LogP contribution in [-0.2, 0) is 16.3 Å². The molecule has 0 aliphatic carbocycles. The molecule has 1 atom stereocenters. The highest BCUT2D eigenvalue weighted by Gasteiger charge is 2.12. The maximum absolute atomic E-state index is 11.4. The normalized spacial score (nSPS) is 13.1. The molecule has 0 amide bonds. The highest BCUT2D eigenvalue weighted by Crippen LogP contribution is 2.19. The van der Waals surface area contributed by atoms with Gasteiger partial charge in [0.05, 0.1) is 4.90 Å². The Kier molecular flexibility index (Phi) is 4.49. The molecule has 0 spiro atoms. The van der Waals surface area contributed by atoms with E-state index in [2.05, 4.69) is 10.4 Å². The van der Waals surface area contributed by atoms with Crippen molar-refractivity contribution in [3.8, 4) is 0 Å². The van der Waals surface area contributed by atoms with E-state index in [0.29, 0.717) is 11.3 Å². The average Bonchev–Trinajstić information content (AvgIpc) is 2.45. The zero-order valence-electron chi connectivity index (χ0n) is 11.2. The van der Waals surface area contributed by atoms with E-state index >= 15 is 0 Å². The van der Waals surface area contributed by atoms with E-state index in [0.717, 1.165) is 11.1 Å². The summed E-state index contributed by atoms with van der Waals surface area (Å²) in [5, 5.41) is 0. The Morgan fingerprint density at radius 3 is 2.25 bits per heavy atom. The lowest BCUT2D eigenvalue weighted by molar-refractivity contribution is 0.551. The summed E-state index contributed by atoms with van der Waals surface area (Å²) in [6.07, 6.45) is 5.36. The van der Waals surface area contributed by atoms with Gasteiger partial charge in [-0.2, -0.15) is 0 Å².